The van der Waals surface area contributed by atoms with Gasteiger partial charge in [0.05, 0.1) is 14.2 Å². The number of ether oxygens (including phenoxy) is 6. The molecule has 0 fully saturated rings. The molecule has 0 aliphatic carbocycles. The summed E-state index contributed by atoms with van der Waals surface area (Å²) in [6.45, 7) is 11.6. The quantitative estimate of drug-likeness (QED) is 0.0124. The van der Waals surface area contributed by atoms with Gasteiger partial charge in [-0.3, -0.25) is 24.4 Å². The second-order valence-electron chi connectivity index (χ2n) is 17.1. The number of fused-ring (bicyclic) bond motifs is 2. The molecule has 71 heavy (non-hydrogen) atoms. The highest BCUT2D eigenvalue weighted by molar-refractivity contribution is 5.98. The molecule has 388 valence electrons. The number of nitrogens with one attached hydrogen (secondary N) is 2. The van der Waals surface area contributed by atoms with Crippen LogP contribution in [-0.2, 0) is 28.7 Å². The van der Waals surface area contributed by atoms with Crippen molar-refractivity contribution in [3.8, 4) is 23.0 Å². The molecule has 3 rings (SSSR count). The average molecular weight is 989 g/mol. The molecular formula is C51H72N8O12. The highest BCUT2D eigenvalue weighted by Crippen LogP contribution is 2.36. The summed E-state index contributed by atoms with van der Waals surface area (Å²) >= 11 is 0. The average Bonchev–Trinajstić information content (AvgIpc) is 3.30. The van der Waals surface area contributed by atoms with Crippen LogP contribution in [0.15, 0.2) is 90.1 Å². The molecular weight excluding hydrogens is 917 g/mol. The lowest BCUT2D eigenvalue weighted by Crippen LogP contribution is -2.43. The highest BCUT2D eigenvalue weighted by Gasteiger charge is 2.25. The Labute approximate surface area is 414 Å². The van der Waals surface area contributed by atoms with Gasteiger partial charge >= 0.3 is 11.9 Å². The smallest absolute Gasteiger partial charge is 0.328 e. The van der Waals surface area contributed by atoms with Crippen molar-refractivity contribution in [3.05, 3.63) is 81.1 Å². The van der Waals surface area contributed by atoms with E-state index in [-0.39, 0.29) is 96.0 Å². The Morgan fingerprint density at radius 2 is 1.00 bits per heavy atom. The van der Waals surface area contributed by atoms with Gasteiger partial charge in [-0.1, -0.05) is 34.4 Å². The highest BCUT2D eigenvalue weighted by atomic mass is 16.5. The van der Waals surface area contributed by atoms with Gasteiger partial charge in [-0.05, 0) is 105 Å². The van der Waals surface area contributed by atoms with Gasteiger partial charge in [0.15, 0.2) is 25.1 Å². The lowest BCUT2D eigenvalue weighted by atomic mass is 10.1. The first kappa shape index (κ1) is 57.8. The van der Waals surface area contributed by atoms with Crippen molar-refractivity contribution >= 4 is 57.6 Å². The Balaban J connectivity index is 2.13. The van der Waals surface area contributed by atoms with Gasteiger partial charge < -0.3 is 66.4 Å². The fourth-order valence-electron chi connectivity index (χ4n) is 6.87. The number of rotatable bonds is 30. The van der Waals surface area contributed by atoms with Crippen molar-refractivity contribution in [2.45, 2.75) is 105 Å². The number of guanidine groups is 2. The second kappa shape index (κ2) is 30.2. The molecule has 10 N–H and O–H groups in total. The predicted molar refractivity (Wildman–Crippen MR) is 275 cm³/mol. The number of esters is 2. The zero-order chi connectivity index (χ0) is 52.5. The second-order valence-corrected chi connectivity index (χ2v) is 17.1. The van der Waals surface area contributed by atoms with E-state index in [1.54, 1.807) is 0 Å². The summed E-state index contributed by atoms with van der Waals surface area (Å²) in [5.41, 5.74) is 25.8. The van der Waals surface area contributed by atoms with Crippen molar-refractivity contribution < 1.29 is 52.0 Å². The minimum Gasteiger partial charge on any atom is -0.489 e. The molecule has 2 atom stereocenters. The molecule has 1 aromatic heterocycles. The SMILES string of the molecule is COC(=O)[C@H](CCCN=C(N)N)NC(=O)COc1cc(OC/C=C(\C)CCC=C(C)C)cc2oc3cc(OC/C=C(\C)CCC=C(C)C)cc(OCC(=O)N[C@@H](CCCN=C(N)N)C(=O)OC)c3c(=O)c12. The van der Waals surface area contributed by atoms with E-state index in [0.29, 0.717) is 12.8 Å². The van der Waals surface area contributed by atoms with Crippen LogP contribution in [-0.4, -0.2) is 101 Å². The fraction of sp³-hybridized carbons (Fsp3) is 0.471. The monoisotopic (exact) mass is 989 g/mol. The molecule has 2 amide bonds. The van der Waals surface area contributed by atoms with Crippen molar-refractivity contribution in [2.75, 3.05) is 53.7 Å². The minimum absolute atomic E-state index is 0.0318. The van der Waals surface area contributed by atoms with Crippen LogP contribution >= 0.6 is 0 Å². The largest absolute Gasteiger partial charge is 0.489 e. The number of hydrogen-bond donors (Lipinski definition) is 6. The predicted octanol–water partition coefficient (Wildman–Crippen LogP) is 5.27. The molecule has 0 radical (unpaired) electrons. The third kappa shape index (κ3) is 20.9. The molecule has 0 saturated heterocycles. The third-order valence-electron chi connectivity index (χ3n) is 10.5. The maximum atomic E-state index is 14.8. The molecule has 0 saturated carbocycles. The first-order chi connectivity index (χ1) is 33.8. The zero-order valence-corrected chi connectivity index (χ0v) is 42.3. The number of allylic oxidation sites excluding steroid dienone is 6. The van der Waals surface area contributed by atoms with Crippen molar-refractivity contribution in [1.82, 2.24) is 10.6 Å². The maximum absolute atomic E-state index is 14.8. The van der Waals surface area contributed by atoms with Gasteiger partial charge in [-0.2, -0.15) is 0 Å². The summed E-state index contributed by atoms with van der Waals surface area (Å²) in [6.07, 6.45) is 12.6. The lowest BCUT2D eigenvalue weighted by molar-refractivity contribution is -0.145. The van der Waals surface area contributed by atoms with E-state index < -0.39 is 54.5 Å². The maximum Gasteiger partial charge on any atom is 0.328 e. The molecule has 3 aromatic rings. The first-order valence-corrected chi connectivity index (χ1v) is 23.3. The molecule has 0 unspecified atom stereocenters. The summed E-state index contributed by atoms with van der Waals surface area (Å²) in [4.78, 5) is 74.7. The van der Waals surface area contributed by atoms with Crippen molar-refractivity contribution in [3.63, 3.8) is 0 Å². The Kier molecular flexibility index (Phi) is 24.6. The van der Waals surface area contributed by atoms with E-state index in [2.05, 4.69) is 32.8 Å². The summed E-state index contributed by atoms with van der Waals surface area (Å²) in [7, 11) is 2.39. The first-order valence-electron chi connectivity index (χ1n) is 23.3. The van der Waals surface area contributed by atoms with E-state index in [0.717, 1.165) is 36.8 Å². The van der Waals surface area contributed by atoms with E-state index >= 15 is 0 Å². The Hall–Kier alpha value is -7.51. The fourth-order valence-corrected chi connectivity index (χ4v) is 6.87. The van der Waals surface area contributed by atoms with Gasteiger partial charge in [0.1, 0.15) is 70.2 Å². The Morgan fingerprint density at radius 3 is 1.35 bits per heavy atom. The molecule has 0 spiro atoms. The molecule has 1 heterocycles. The molecule has 0 aliphatic rings. The van der Waals surface area contributed by atoms with Crippen LogP contribution in [0.5, 0.6) is 23.0 Å². The van der Waals surface area contributed by atoms with E-state index in [4.69, 9.17) is 55.8 Å². The van der Waals surface area contributed by atoms with Crippen LogP contribution in [0.2, 0.25) is 0 Å². The molecule has 2 aromatic carbocycles. The molecule has 0 aliphatic heterocycles. The summed E-state index contributed by atoms with van der Waals surface area (Å²) in [5.74, 6) is -2.70. The number of aliphatic imine (C=N–C) groups is 2. The number of benzene rings is 2. The van der Waals surface area contributed by atoms with Gasteiger partial charge in [0.25, 0.3) is 11.8 Å². The van der Waals surface area contributed by atoms with Crippen molar-refractivity contribution in [1.29, 1.82) is 0 Å². The van der Waals surface area contributed by atoms with Gasteiger partial charge in [-0.15, -0.1) is 0 Å². The number of amides is 2. The molecule has 20 nitrogen and oxygen atoms in total. The Bertz CT molecular complexity index is 2380. The van der Waals surface area contributed by atoms with Gasteiger partial charge in [0.2, 0.25) is 5.43 Å². The van der Waals surface area contributed by atoms with Gasteiger partial charge in [0, 0.05) is 37.4 Å². The number of methoxy groups -OCH3 is 2. The van der Waals surface area contributed by atoms with Crippen LogP contribution in [0.3, 0.4) is 0 Å². The summed E-state index contributed by atoms with van der Waals surface area (Å²) in [5, 5.41) is 5.05. The standard InChI is InChI=1S/C51H72N8O12/c1-31(2)13-9-15-33(5)19-23-67-35-25-39(69-29-43(60)58-37(48(63)65-7)17-11-21-56-50(52)53)45-41(27-35)71-42-28-36(68-24-20-34(6)16-10-14-32(3)4)26-40(46(42)47(45)62)70-30-44(61)59-38(49(64)66-8)18-12-22-57-51(54)55/h13-14,19-20,25-28,37-38H,9-12,15-18,21-24,29-30H2,1-8H3,(H,58,60)(H,59,61)(H4,52,53,56)(H4,54,55,57)/b33-19+,34-20+/t37-,38-/m0/s1. The Morgan fingerprint density at radius 1 is 0.606 bits per heavy atom. The van der Waals surface area contributed by atoms with Crippen molar-refractivity contribution in [2.24, 2.45) is 32.9 Å². The lowest BCUT2D eigenvalue weighted by Gasteiger charge is -2.18. The normalized spacial score (nSPS) is 12.2. The minimum atomic E-state index is -1.06. The van der Waals surface area contributed by atoms with Crippen LogP contribution in [0, 0.1) is 0 Å². The molecule has 0 bridgehead atoms. The topological polar surface area (TPSA) is 307 Å². The van der Waals surface area contributed by atoms with Gasteiger partial charge in [-0.25, -0.2) is 9.59 Å². The number of carbonyl (C=O) groups is 4. The number of carbonyl (C=O) groups excluding carboxylic acids is 4. The van der Waals surface area contributed by atoms with E-state index in [1.807, 2.05) is 53.7 Å². The van der Waals surface area contributed by atoms with Crippen LogP contribution in [0.4, 0.5) is 0 Å². The van der Waals surface area contributed by atoms with E-state index in [1.165, 1.54) is 49.6 Å². The van der Waals surface area contributed by atoms with Crippen LogP contribution < -0.4 is 57.9 Å². The summed E-state index contributed by atoms with van der Waals surface area (Å²) in [6, 6.07) is 3.85. The number of nitrogens with two attached hydrogens (primary N) is 4. The van der Waals surface area contributed by atoms with Crippen LogP contribution in [0.1, 0.15) is 92.9 Å². The number of hydrogen-bond acceptors (Lipinski definition) is 14. The van der Waals surface area contributed by atoms with Crippen LogP contribution in [0.25, 0.3) is 21.9 Å². The summed E-state index contributed by atoms with van der Waals surface area (Å²) < 4.78 is 40.6. The molecule has 20 heteroatoms. The van der Waals surface area contributed by atoms with E-state index in [9.17, 15) is 24.0 Å². The number of nitrogens with zero attached hydrogens (tertiary/aromatic N) is 2. The zero-order valence-electron chi connectivity index (χ0n) is 42.3. The third-order valence-corrected chi connectivity index (χ3v) is 10.5.